The maximum Gasteiger partial charge on any atom is 0.0702 e. The molecule has 1 heteroatoms. The van der Waals surface area contributed by atoms with Crippen LogP contribution in [0.4, 0.5) is 0 Å². The van der Waals surface area contributed by atoms with E-state index in [0.29, 0.717) is 0 Å². The summed E-state index contributed by atoms with van der Waals surface area (Å²) in [5.74, 6) is 0. The van der Waals surface area contributed by atoms with Gasteiger partial charge in [-0.25, -0.2) is 0 Å². The Balaban J connectivity index is 1.67. The second kappa shape index (κ2) is 6.51. The maximum absolute atomic E-state index is 4.44. The smallest absolute Gasteiger partial charge is 0.0702 e. The van der Waals surface area contributed by atoms with Crippen LogP contribution in [0.3, 0.4) is 0 Å². The lowest BCUT2D eigenvalue weighted by Gasteiger charge is -2.07. The lowest BCUT2D eigenvalue weighted by Crippen LogP contribution is -1.84. The van der Waals surface area contributed by atoms with Crippen molar-refractivity contribution >= 4 is 0 Å². The Bertz CT molecular complexity index is 926. The highest BCUT2D eigenvalue weighted by Crippen LogP contribution is 2.27. The third-order valence-corrected chi connectivity index (χ3v) is 4.15. The summed E-state index contributed by atoms with van der Waals surface area (Å²) in [5, 5.41) is 0. The van der Waals surface area contributed by atoms with Gasteiger partial charge in [-0.2, -0.15) is 0 Å². The van der Waals surface area contributed by atoms with Crippen LogP contribution in [0.5, 0.6) is 0 Å². The third kappa shape index (κ3) is 2.97. The van der Waals surface area contributed by atoms with Crippen molar-refractivity contribution in [3.05, 3.63) is 103 Å². The molecule has 0 atom stereocenters. The Kier molecular flexibility index (Phi) is 3.91. The third-order valence-electron chi connectivity index (χ3n) is 4.15. The Labute approximate surface area is 142 Å². The Morgan fingerprint density at radius 2 is 1.00 bits per heavy atom. The van der Waals surface area contributed by atoms with Gasteiger partial charge in [0, 0.05) is 11.8 Å². The summed E-state index contributed by atoms with van der Waals surface area (Å²) in [6.07, 6.45) is 1.83. The molecule has 0 fully saturated rings. The van der Waals surface area contributed by atoms with E-state index in [4.69, 9.17) is 0 Å². The predicted molar refractivity (Wildman–Crippen MR) is 101 cm³/mol. The van der Waals surface area contributed by atoms with Gasteiger partial charge < -0.3 is 0 Å². The van der Waals surface area contributed by atoms with E-state index in [9.17, 15) is 0 Å². The van der Waals surface area contributed by atoms with Crippen LogP contribution in [-0.4, -0.2) is 4.98 Å². The minimum absolute atomic E-state index is 1.00. The molecule has 1 heterocycles. The van der Waals surface area contributed by atoms with Gasteiger partial charge in [0.1, 0.15) is 0 Å². The summed E-state index contributed by atoms with van der Waals surface area (Å²) in [7, 11) is 0. The van der Waals surface area contributed by atoms with Crippen LogP contribution in [-0.2, 0) is 0 Å². The molecule has 0 bridgehead atoms. The molecule has 24 heavy (non-hydrogen) atoms. The number of aromatic nitrogens is 1. The van der Waals surface area contributed by atoms with Gasteiger partial charge >= 0.3 is 0 Å². The SMILES string of the molecule is c1ccc(-c2ccc(-c3cccc(-c4ccccn4)c3)cc2)cc1. The van der Waals surface area contributed by atoms with E-state index in [1.54, 1.807) is 0 Å². The van der Waals surface area contributed by atoms with E-state index < -0.39 is 0 Å². The van der Waals surface area contributed by atoms with Crippen LogP contribution in [0.2, 0.25) is 0 Å². The van der Waals surface area contributed by atoms with Crippen molar-refractivity contribution in [3.63, 3.8) is 0 Å². The van der Waals surface area contributed by atoms with E-state index >= 15 is 0 Å². The normalized spacial score (nSPS) is 10.5. The molecule has 4 rings (SSSR count). The zero-order valence-electron chi connectivity index (χ0n) is 13.3. The molecule has 0 aliphatic carbocycles. The first-order valence-corrected chi connectivity index (χ1v) is 8.07. The van der Waals surface area contributed by atoms with Gasteiger partial charge in [0.2, 0.25) is 0 Å². The molecule has 4 aromatic rings. The molecule has 1 aromatic heterocycles. The van der Waals surface area contributed by atoms with Gasteiger partial charge in [0.05, 0.1) is 5.69 Å². The van der Waals surface area contributed by atoms with Gasteiger partial charge in [-0.05, 0) is 40.5 Å². The molecule has 0 saturated heterocycles. The van der Waals surface area contributed by atoms with E-state index in [-0.39, 0.29) is 0 Å². The largest absolute Gasteiger partial charge is 0.256 e. The number of hydrogen-bond acceptors (Lipinski definition) is 1. The van der Waals surface area contributed by atoms with Crippen molar-refractivity contribution in [3.8, 4) is 33.5 Å². The van der Waals surface area contributed by atoms with Crippen LogP contribution in [0, 0.1) is 0 Å². The van der Waals surface area contributed by atoms with Crippen molar-refractivity contribution in [2.45, 2.75) is 0 Å². The lowest BCUT2D eigenvalue weighted by molar-refractivity contribution is 1.33. The molecule has 0 N–H and O–H groups in total. The number of hydrogen-bond donors (Lipinski definition) is 0. The zero-order valence-corrected chi connectivity index (χ0v) is 13.3. The topological polar surface area (TPSA) is 12.9 Å². The first-order chi connectivity index (χ1) is 11.9. The summed E-state index contributed by atoms with van der Waals surface area (Å²) in [6, 6.07) is 33.7. The fourth-order valence-corrected chi connectivity index (χ4v) is 2.88. The monoisotopic (exact) mass is 307 g/mol. The molecular formula is C23H17N. The van der Waals surface area contributed by atoms with Gasteiger partial charge in [-0.15, -0.1) is 0 Å². The first kappa shape index (κ1) is 14.4. The van der Waals surface area contributed by atoms with Gasteiger partial charge in [-0.3, -0.25) is 4.98 Å². The quantitative estimate of drug-likeness (QED) is 0.447. The van der Waals surface area contributed by atoms with Gasteiger partial charge in [0.25, 0.3) is 0 Å². The number of benzene rings is 3. The highest BCUT2D eigenvalue weighted by Gasteiger charge is 2.03. The second-order valence-corrected chi connectivity index (χ2v) is 5.74. The summed E-state index contributed by atoms with van der Waals surface area (Å²) in [4.78, 5) is 4.44. The minimum atomic E-state index is 1.00. The van der Waals surface area contributed by atoms with Crippen molar-refractivity contribution in [2.75, 3.05) is 0 Å². The summed E-state index contributed by atoms with van der Waals surface area (Å²) in [6.45, 7) is 0. The average Bonchev–Trinajstić information content (AvgIpc) is 2.70. The van der Waals surface area contributed by atoms with Crippen LogP contribution in [0.1, 0.15) is 0 Å². The van der Waals surface area contributed by atoms with Crippen molar-refractivity contribution < 1.29 is 0 Å². The van der Waals surface area contributed by atoms with Gasteiger partial charge in [0.15, 0.2) is 0 Å². The summed E-state index contributed by atoms with van der Waals surface area (Å²) >= 11 is 0. The lowest BCUT2D eigenvalue weighted by atomic mass is 9.98. The van der Waals surface area contributed by atoms with Gasteiger partial charge in [-0.1, -0.05) is 78.9 Å². The first-order valence-electron chi connectivity index (χ1n) is 8.07. The van der Waals surface area contributed by atoms with Crippen LogP contribution < -0.4 is 0 Å². The molecule has 0 aliphatic heterocycles. The molecule has 0 spiro atoms. The molecule has 1 nitrogen and oxygen atoms in total. The fraction of sp³-hybridized carbons (Fsp3) is 0. The average molecular weight is 307 g/mol. The Morgan fingerprint density at radius 1 is 0.417 bits per heavy atom. The standard InChI is InChI=1S/C23H17N/c1-2-7-18(8-3-1)19-12-14-20(15-13-19)21-9-6-10-22(17-21)23-11-4-5-16-24-23/h1-17H. The molecule has 0 aliphatic rings. The molecule has 0 radical (unpaired) electrons. The summed E-state index contributed by atoms with van der Waals surface area (Å²) < 4.78 is 0. The Morgan fingerprint density at radius 3 is 1.71 bits per heavy atom. The molecule has 0 saturated carbocycles. The molecule has 3 aromatic carbocycles. The van der Waals surface area contributed by atoms with Crippen molar-refractivity contribution in [1.29, 1.82) is 0 Å². The summed E-state index contributed by atoms with van der Waals surface area (Å²) in [5.41, 5.74) is 7.04. The van der Waals surface area contributed by atoms with E-state index in [1.165, 1.54) is 22.3 Å². The zero-order chi connectivity index (χ0) is 16.2. The molecule has 0 amide bonds. The molecule has 0 unspecified atom stereocenters. The van der Waals surface area contributed by atoms with Crippen molar-refractivity contribution in [2.24, 2.45) is 0 Å². The number of nitrogens with zero attached hydrogens (tertiary/aromatic N) is 1. The molecular weight excluding hydrogens is 290 g/mol. The maximum atomic E-state index is 4.44. The second-order valence-electron chi connectivity index (χ2n) is 5.74. The van der Waals surface area contributed by atoms with Crippen molar-refractivity contribution in [1.82, 2.24) is 4.98 Å². The Hall–Kier alpha value is -3.19. The van der Waals surface area contributed by atoms with Crippen LogP contribution in [0.15, 0.2) is 103 Å². The minimum Gasteiger partial charge on any atom is -0.256 e. The van der Waals surface area contributed by atoms with Crippen LogP contribution >= 0.6 is 0 Å². The molecule has 114 valence electrons. The van der Waals surface area contributed by atoms with E-state index in [1.807, 2.05) is 30.5 Å². The van der Waals surface area contributed by atoms with E-state index in [0.717, 1.165) is 11.3 Å². The number of rotatable bonds is 3. The van der Waals surface area contributed by atoms with Crippen LogP contribution in [0.25, 0.3) is 33.5 Å². The highest BCUT2D eigenvalue weighted by atomic mass is 14.7. The highest BCUT2D eigenvalue weighted by molar-refractivity contribution is 5.74. The van der Waals surface area contributed by atoms with E-state index in [2.05, 4.69) is 77.8 Å². The fourth-order valence-electron chi connectivity index (χ4n) is 2.88. The number of pyridine rings is 1. The predicted octanol–water partition coefficient (Wildman–Crippen LogP) is 6.08.